The van der Waals surface area contributed by atoms with Crippen molar-refractivity contribution < 1.29 is 14.3 Å². The Labute approximate surface area is 214 Å². The van der Waals surface area contributed by atoms with Crippen LogP contribution in [-0.4, -0.2) is 18.0 Å². The number of hydrogen-bond donors (Lipinski definition) is 2. The summed E-state index contributed by atoms with van der Waals surface area (Å²) in [7, 11) is 0. The summed E-state index contributed by atoms with van der Waals surface area (Å²) in [5.74, 6) is 0.0539. The lowest BCUT2D eigenvalue weighted by Gasteiger charge is -2.12. The Morgan fingerprint density at radius 3 is 2.39 bits per heavy atom. The zero-order valence-corrected chi connectivity index (χ0v) is 20.6. The number of nitrogens with zero attached hydrogens (tertiary/aromatic N) is 1. The lowest BCUT2D eigenvalue weighted by atomic mass is 10.0. The highest BCUT2D eigenvalue weighted by Gasteiger charge is 2.10. The first-order valence-electron chi connectivity index (χ1n) is 11.6. The third-order valence-corrected chi connectivity index (χ3v) is 5.79. The number of nitrogens with one attached hydrogen (secondary N) is 2. The van der Waals surface area contributed by atoms with Gasteiger partial charge in [-0.3, -0.25) is 9.59 Å². The molecule has 0 radical (unpaired) electrons. The summed E-state index contributed by atoms with van der Waals surface area (Å²) >= 11 is 5.97. The molecule has 0 saturated heterocycles. The second-order valence-corrected chi connectivity index (χ2v) is 8.76. The maximum atomic E-state index is 12.3. The number of hydrogen-bond acceptors (Lipinski definition) is 4. The number of amides is 2. The SMILES string of the molecule is Cc1ccc(NC(=O)CCC(=O)NN=Cc2c(OCc3ccc(Cl)cc3)ccc3ccccc23)cc1. The van der Waals surface area contributed by atoms with Crippen LogP contribution in [0.15, 0.2) is 90.0 Å². The van der Waals surface area contributed by atoms with E-state index in [2.05, 4.69) is 15.8 Å². The van der Waals surface area contributed by atoms with Gasteiger partial charge in [-0.25, -0.2) is 5.43 Å². The van der Waals surface area contributed by atoms with Crippen molar-refractivity contribution >= 4 is 46.1 Å². The minimum atomic E-state index is -0.353. The van der Waals surface area contributed by atoms with Crippen LogP contribution >= 0.6 is 11.6 Å². The van der Waals surface area contributed by atoms with Gasteiger partial charge in [0.25, 0.3) is 0 Å². The largest absolute Gasteiger partial charge is 0.488 e. The molecule has 36 heavy (non-hydrogen) atoms. The quantitative estimate of drug-likeness (QED) is 0.211. The minimum Gasteiger partial charge on any atom is -0.488 e. The number of ether oxygens (including phenoxy) is 1. The van der Waals surface area contributed by atoms with Crippen LogP contribution in [-0.2, 0) is 16.2 Å². The molecule has 2 amide bonds. The van der Waals surface area contributed by atoms with Gasteiger partial charge >= 0.3 is 0 Å². The molecule has 0 aliphatic rings. The molecule has 0 saturated carbocycles. The number of aryl methyl sites for hydroxylation is 1. The number of anilines is 1. The topological polar surface area (TPSA) is 79.8 Å². The van der Waals surface area contributed by atoms with Crippen LogP contribution in [0.5, 0.6) is 5.75 Å². The van der Waals surface area contributed by atoms with Crippen molar-refractivity contribution in [3.63, 3.8) is 0 Å². The van der Waals surface area contributed by atoms with E-state index in [1.165, 1.54) is 0 Å². The van der Waals surface area contributed by atoms with Crippen molar-refractivity contribution in [2.24, 2.45) is 5.10 Å². The van der Waals surface area contributed by atoms with Crippen molar-refractivity contribution in [3.8, 4) is 5.75 Å². The van der Waals surface area contributed by atoms with E-state index in [-0.39, 0.29) is 24.7 Å². The summed E-state index contributed by atoms with van der Waals surface area (Å²) in [6.45, 7) is 2.34. The van der Waals surface area contributed by atoms with Gasteiger partial charge in [0, 0.05) is 29.1 Å². The molecule has 2 N–H and O–H groups in total. The van der Waals surface area contributed by atoms with Crippen LogP contribution in [0.2, 0.25) is 5.02 Å². The molecular formula is C29H26ClN3O3. The Kier molecular flexibility index (Phi) is 8.32. The van der Waals surface area contributed by atoms with Crippen LogP contribution in [0, 0.1) is 6.92 Å². The molecular weight excluding hydrogens is 474 g/mol. The van der Waals surface area contributed by atoms with Crippen molar-refractivity contribution in [2.45, 2.75) is 26.4 Å². The van der Waals surface area contributed by atoms with Gasteiger partial charge in [-0.15, -0.1) is 0 Å². The number of rotatable bonds is 9. The van der Waals surface area contributed by atoms with Gasteiger partial charge < -0.3 is 10.1 Å². The first-order valence-corrected chi connectivity index (χ1v) is 11.9. The molecule has 4 aromatic carbocycles. The first kappa shape index (κ1) is 24.9. The van der Waals surface area contributed by atoms with Crippen LogP contribution in [0.3, 0.4) is 0 Å². The predicted octanol–water partition coefficient (Wildman–Crippen LogP) is 6.25. The molecule has 0 aromatic heterocycles. The lowest BCUT2D eigenvalue weighted by molar-refractivity contribution is -0.124. The zero-order chi connectivity index (χ0) is 25.3. The van der Waals surface area contributed by atoms with E-state index in [4.69, 9.17) is 16.3 Å². The third kappa shape index (κ3) is 6.93. The minimum absolute atomic E-state index is 0.0183. The van der Waals surface area contributed by atoms with Crippen molar-refractivity contribution in [3.05, 3.63) is 107 Å². The Balaban J connectivity index is 1.38. The van der Waals surface area contributed by atoms with E-state index in [1.54, 1.807) is 6.21 Å². The fraction of sp³-hybridized carbons (Fsp3) is 0.138. The average molecular weight is 500 g/mol. The highest BCUT2D eigenvalue weighted by molar-refractivity contribution is 6.30. The number of carbonyl (C=O) groups is 2. The fourth-order valence-corrected chi connectivity index (χ4v) is 3.71. The Morgan fingerprint density at radius 2 is 1.61 bits per heavy atom. The van der Waals surface area contributed by atoms with E-state index in [1.807, 2.05) is 91.9 Å². The summed E-state index contributed by atoms with van der Waals surface area (Å²) in [6, 6.07) is 26.7. The standard InChI is InChI=1S/C29H26ClN3O3/c1-20-6-13-24(14-7-20)32-28(34)16-17-29(35)33-31-18-26-25-5-3-2-4-22(25)10-15-27(26)36-19-21-8-11-23(30)12-9-21/h2-15,18H,16-17,19H2,1H3,(H,32,34)(H,33,35). The van der Waals surface area contributed by atoms with Gasteiger partial charge in [-0.2, -0.15) is 5.10 Å². The summed E-state index contributed by atoms with van der Waals surface area (Å²) in [6.07, 6.45) is 1.65. The second kappa shape index (κ2) is 12.0. The van der Waals surface area contributed by atoms with Gasteiger partial charge in [0.1, 0.15) is 12.4 Å². The van der Waals surface area contributed by atoms with Gasteiger partial charge in [0.2, 0.25) is 11.8 Å². The lowest BCUT2D eigenvalue weighted by Crippen LogP contribution is -2.20. The summed E-state index contributed by atoms with van der Waals surface area (Å²) in [5.41, 5.74) is 6.05. The molecule has 7 heteroatoms. The number of benzene rings is 4. The normalized spacial score (nSPS) is 10.9. The predicted molar refractivity (Wildman–Crippen MR) is 145 cm³/mol. The highest BCUT2D eigenvalue weighted by Crippen LogP contribution is 2.27. The molecule has 4 aromatic rings. The third-order valence-electron chi connectivity index (χ3n) is 5.54. The number of hydrazone groups is 1. The van der Waals surface area contributed by atoms with E-state index < -0.39 is 0 Å². The number of halogens is 1. The average Bonchev–Trinajstić information content (AvgIpc) is 2.89. The van der Waals surface area contributed by atoms with Crippen molar-refractivity contribution in [1.82, 2.24) is 5.43 Å². The monoisotopic (exact) mass is 499 g/mol. The Hall–Kier alpha value is -4.16. The van der Waals surface area contributed by atoms with Crippen LogP contribution in [0.25, 0.3) is 10.8 Å². The molecule has 6 nitrogen and oxygen atoms in total. The fourth-order valence-electron chi connectivity index (χ4n) is 3.59. The van der Waals surface area contributed by atoms with Crippen molar-refractivity contribution in [2.75, 3.05) is 5.32 Å². The molecule has 0 spiro atoms. The molecule has 0 heterocycles. The number of carbonyl (C=O) groups excluding carboxylic acids is 2. The summed E-state index contributed by atoms with van der Waals surface area (Å²) in [5, 5.41) is 9.56. The van der Waals surface area contributed by atoms with Crippen LogP contribution in [0.1, 0.15) is 29.5 Å². The molecule has 0 unspecified atom stereocenters. The summed E-state index contributed by atoms with van der Waals surface area (Å²) < 4.78 is 6.07. The molecule has 0 aliphatic heterocycles. The smallest absolute Gasteiger partial charge is 0.240 e. The van der Waals surface area contributed by atoms with Gasteiger partial charge in [-0.05, 0) is 53.6 Å². The zero-order valence-electron chi connectivity index (χ0n) is 19.8. The first-order chi connectivity index (χ1) is 17.5. The van der Waals surface area contributed by atoms with E-state index in [0.717, 1.165) is 27.5 Å². The summed E-state index contributed by atoms with van der Waals surface area (Å²) in [4.78, 5) is 24.4. The van der Waals surface area contributed by atoms with Gasteiger partial charge in [-0.1, -0.05) is 71.8 Å². The Bertz CT molecular complexity index is 1380. The van der Waals surface area contributed by atoms with Crippen LogP contribution in [0.4, 0.5) is 5.69 Å². The second-order valence-electron chi connectivity index (χ2n) is 8.32. The maximum Gasteiger partial charge on any atom is 0.240 e. The Morgan fingerprint density at radius 1 is 0.889 bits per heavy atom. The molecule has 0 bridgehead atoms. The van der Waals surface area contributed by atoms with E-state index in [9.17, 15) is 9.59 Å². The molecule has 0 fully saturated rings. The van der Waals surface area contributed by atoms with E-state index in [0.29, 0.717) is 23.1 Å². The molecule has 0 aliphatic carbocycles. The van der Waals surface area contributed by atoms with E-state index >= 15 is 0 Å². The maximum absolute atomic E-state index is 12.3. The van der Waals surface area contributed by atoms with Gasteiger partial charge in [0.05, 0.1) is 6.21 Å². The van der Waals surface area contributed by atoms with Crippen LogP contribution < -0.4 is 15.5 Å². The van der Waals surface area contributed by atoms with Crippen molar-refractivity contribution in [1.29, 1.82) is 0 Å². The molecule has 4 rings (SSSR count). The number of fused-ring (bicyclic) bond motifs is 1. The highest BCUT2D eigenvalue weighted by atomic mass is 35.5. The van der Waals surface area contributed by atoms with Gasteiger partial charge in [0.15, 0.2) is 0 Å². The molecule has 182 valence electrons. The molecule has 0 atom stereocenters.